The van der Waals surface area contributed by atoms with Gasteiger partial charge in [-0.05, 0) is 25.7 Å². The topological polar surface area (TPSA) is 96.0 Å². The fourth-order valence-corrected chi connectivity index (χ4v) is 3.03. The molecule has 0 spiro atoms. The Morgan fingerprint density at radius 3 is 2.73 bits per heavy atom. The number of nitrogens with zero attached hydrogens (tertiary/aromatic N) is 2. The molecular weight excluding hydrogens is 282 g/mol. The lowest BCUT2D eigenvalue weighted by Crippen LogP contribution is -2.36. The van der Waals surface area contributed by atoms with Gasteiger partial charge in [0, 0.05) is 37.0 Å². The highest BCUT2D eigenvalue weighted by atomic mass is 16.2. The fourth-order valence-electron chi connectivity index (χ4n) is 3.03. The lowest BCUT2D eigenvalue weighted by atomic mass is 10.1. The minimum Gasteiger partial charge on any atom is -0.368 e. The van der Waals surface area contributed by atoms with Crippen LogP contribution in [-0.2, 0) is 11.2 Å². The number of hydrogen-bond acceptors (Lipinski definition) is 5. The van der Waals surface area contributed by atoms with Crippen molar-refractivity contribution in [2.45, 2.75) is 44.1 Å². The maximum absolute atomic E-state index is 12.1. The van der Waals surface area contributed by atoms with Crippen LogP contribution >= 0.6 is 0 Å². The van der Waals surface area contributed by atoms with Crippen molar-refractivity contribution in [3.63, 3.8) is 0 Å². The molecule has 3 aliphatic rings. The normalized spacial score (nSPS) is 23.7. The van der Waals surface area contributed by atoms with Gasteiger partial charge in [-0.15, -0.1) is 0 Å². The van der Waals surface area contributed by atoms with E-state index in [-0.39, 0.29) is 17.9 Å². The third-order valence-electron chi connectivity index (χ3n) is 4.44. The lowest BCUT2D eigenvalue weighted by molar-refractivity contribution is -0.119. The maximum atomic E-state index is 12.1. The third-order valence-corrected chi connectivity index (χ3v) is 4.44. The van der Waals surface area contributed by atoms with Gasteiger partial charge < -0.3 is 16.0 Å². The van der Waals surface area contributed by atoms with Gasteiger partial charge in [0.15, 0.2) is 0 Å². The van der Waals surface area contributed by atoms with Crippen LogP contribution in [0.2, 0.25) is 0 Å². The summed E-state index contributed by atoms with van der Waals surface area (Å²) in [7, 11) is 0. The molecule has 7 nitrogen and oxygen atoms in total. The molecule has 2 fully saturated rings. The average molecular weight is 301 g/mol. The Labute approximate surface area is 128 Å². The number of carbonyl (C=O) groups is 2. The van der Waals surface area contributed by atoms with E-state index in [1.807, 2.05) is 0 Å². The van der Waals surface area contributed by atoms with E-state index >= 15 is 0 Å². The predicted octanol–water partition coefficient (Wildman–Crippen LogP) is 0.330. The number of amides is 2. The average Bonchev–Trinajstić information content (AvgIpc) is 3.28. The summed E-state index contributed by atoms with van der Waals surface area (Å²) < 4.78 is 0. The molecule has 0 aromatic carbocycles. The number of hydrogen-bond donors (Lipinski definition) is 3. The van der Waals surface area contributed by atoms with E-state index in [2.05, 4.69) is 25.9 Å². The summed E-state index contributed by atoms with van der Waals surface area (Å²) in [4.78, 5) is 32.4. The summed E-state index contributed by atoms with van der Waals surface area (Å²) in [5.41, 5.74) is 1.42. The predicted molar refractivity (Wildman–Crippen MR) is 79.7 cm³/mol. The van der Waals surface area contributed by atoms with Gasteiger partial charge in [-0.2, -0.15) is 0 Å². The Kier molecular flexibility index (Phi) is 3.20. The molecule has 0 radical (unpaired) electrons. The van der Waals surface area contributed by atoms with Crippen molar-refractivity contribution in [2.75, 3.05) is 18.4 Å². The molecule has 2 aliphatic heterocycles. The van der Waals surface area contributed by atoms with Crippen LogP contribution in [0.3, 0.4) is 0 Å². The molecule has 1 aliphatic carbocycles. The minimum absolute atomic E-state index is 0.106. The largest absolute Gasteiger partial charge is 0.368 e. The molecule has 1 aromatic rings. The fraction of sp³-hybridized carbons (Fsp3) is 0.600. The van der Waals surface area contributed by atoms with Gasteiger partial charge in [-0.1, -0.05) is 0 Å². The van der Waals surface area contributed by atoms with Crippen molar-refractivity contribution >= 4 is 17.6 Å². The summed E-state index contributed by atoms with van der Waals surface area (Å²) >= 11 is 0. The first-order chi connectivity index (χ1) is 10.7. The van der Waals surface area contributed by atoms with E-state index in [4.69, 9.17) is 0 Å². The highest BCUT2D eigenvalue weighted by Crippen LogP contribution is 2.39. The molecule has 1 unspecified atom stereocenters. The highest BCUT2D eigenvalue weighted by molar-refractivity contribution is 5.96. The van der Waals surface area contributed by atoms with E-state index in [1.165, 1.54) is 0 Å². The summed E-state index contributed by atoms with van der Waals surface area (Å²) in [6, 6.07) is 0.139. The van der Waals surface area contributed by atoms with Crippen LogP contribution in [0, 0.1) is 0 Å². The molecule has 0 bridgehead atoms. The standard InChI is InChI=1S/C15H19N5O2/c21-11-4-3-9(18-11)7-17-14-10-5-6-16-15(22)12(10)19-13(20-14)8-1-2-8/h8-9H,1-7H2,(H,16,22)(H,18,21)(H,17,19,20). The molecule has 3 heterocycles. The summed E-state index contributed by atoms with van der Waals surface area (Å²) in [6.07, 6.45) is 4.36. The zero-order valence-corrected chi connectivity index (χ0v) is 12.3. The molecule has 22 heavy (non-hydrogen) atoms. The zero-order chi connectivity index (χ0) is 15.1. The first kappa shape index (κ1) is 13.5. The Morgan fingerprint density at radius 2 is 2.00 bits per heavy atom. The van der Waals surface area contributed by atoms with Crippen LogP contribution < -0.4 is 16.0 Å². The number of anilines is 1. The summed E-state index contributed by atoms with van der Waals surface area (Å²) in [5.74, 6) is 1.93. The zero-order valence-electron chi connectivity index (χ0n) is 12.3. The Bertz CT molecular complexity index is 641. The smallest absolute Gasteiger partial charge is 0.270 e. The van der Waals surface area contributed by atoms with Crippen LogP contribution in [0.5, 0.6) is 0 Å². The molecule has 1 saturated heterocycles. The van der Waals surface area contributed by atoms with Gasteiger partial charge in [-0.3, -0.25) is 9.59 Å². The molecule has 1 aromatic heterocycles. The van der Waals surface area contributed by atoms with E-state index in [1.54, 1.807) is 0 Å². The van der Waals surface area contributed by atoms with Crippen LogP contribution in [0.4, 0.5) is 5.82 Å². The SMILES string of the molecule is O=C1CCC(CNc2nc(C3CC3)nc3c2CCNC3=O)N1. The Balaban J connectivity index is 1.59. The quantitative estimate of drug-likeness (QED) is 0.745. The van der Waals surface area contributed by atoms with Gasteiger partial charge >= 0.3 is 0 Å². The molecule has 2 amide bonds. The minimum atomic E-state index is -0.109. The van der Waals surface area contributed by atoms with E-state index in [0.717, 1.165) is 42.9 Å². The van der Waals surface area contributed by atoms with Crippen molar-refractivity contribution in [1.82, 2.24) is 20.6 Å². The van der Waals surface area contributed by atoms with Crippen molar-refractivity contribution in [1.29, 1.82) is 0 Å². The van der Waals surface area contributed by atoms with Gasteiger partial charge in [0.1, 0.15) is 17.3 Å². The van der Waals surface area contributed by atoms with Crippen LogP contribution in [0.1, 0.15) is 53.5 Å². The number of rotatable bonds is 4. The third kappa shape index (κ3) is 2.51. The second kappa shape index (κ2) is 5.23. The summed E-state index contributed by atoms with van der Waals surface area (Å²) in [6.45, 7) is 1.26. The van der Waals surface area contributed by atoms with Gasteiger partial charge in [0.2, 0.25) is 5.91 Å². The number of carbonyl (C=O) groups excluding carboxylic acids is 2. The molecule has 4 rings (SSSR count). The van der Waals surface area contributed by atoms with Gasteiger partial charge in [0.05, 0.1) is 0 Å². The van der Waals surface area contributed by atoms with Crippen LogP contribution in [0.15, 0.2) is 0 Å². The second-order valence-electron chi connectivity index (χ2n) is 6.22. The Hall–Kier alpha value is -2.18. The van der Waals surface area contributed by atoms with Crippen LogP contribution in [0.25, 0.3) is 0 Å². The molecule has 7 heteroatoms. The van der Waals surface area contributed by atoms with E-state index < -0.39 is 0 Å². The molecular formula is C15H19N5O2. The molecule has 3 N–H and O–H groups in total. The van der Waals surface area contributed by atoms with Crippen molar-refractivity contribution in [3.05, 3.63) is 17.1 Å². The molecule has 1 saturated carbocycles. The molecule has 1 atom stereocenters. The molecule has 116 valence electrons. The second-order valence-corrected chi connectivity index (χ2v) is 6.22. The number of nitrogens with one attached hydrogen (secondary N) is 3. The van der Waals surface area contributed by atoms with Gasteiger partial charge in [0.25, 0.3) is 5.91 Å². The van der Waals surface area contributed by atoms with Gasteiger partial charge in [-0.25, -0.2) is 9.97 Å². The first-order valence-corrected chi connectivity index (χ1v) is 7.93. The monoisotopic (exact) mass is 301 g/mol. The Morgan fingerprint density at radius 1 is 1.14 bits per heavy atom. The first-order valence-electron chi connectivity index (χ1n) is 7.93. The van der Waals surface area contributed by atoms with Crippen molar-refractivity contribution in [3.8, 4) is 0 Å². The highest BCUT2D eigenvalue weighted by Gasteiger charge is 2.31. The van der Waals surface area contributed by atoms with E-state index in [9.17, 15) is 9.59 Å². The summed E-state index contributed by atoms with van der Waals surface area (Å²) in [5, 5.41) is 9.11. The number of aromatic nitrogens is 2. The van der Waals surface area contributed by atoms with Crippen molar-refractivity contribution in [2.24, 2.45) is 0 Å². The lowest BCUT2D eigenvalue weighted by Gasteiger charge is -2.21. The van der Waals surface area contributed by atoms with Crippen LogP contribution in [-0.4, -0.2) is 40.9 Å². The van der Waals surface area contributed by atoms with Crippen molar-refractivity contribution < 1.29 is 9.59 Å². The number of fused-ring (bicyclic) bond motifs is 1. The van der Waals surface area contributed by atoms with E-state index in [0.29, 0.717) is 31.1 Å². The maximum Gasteiger partial charge on any atom is 0.270 e.